The molecule has 1 atom stereocenters. The van der Waals surface area contributed by atoms with Crippen LogP contribution in [-0.2, 0) is 11.3 Å². The number of amides is 2. The molecule has 35 heavy (non-hydrogen) atoms. The summed E-state index contributed by atoms with van der Waals surface area (Å²) in [7, 11) is 1.51. The van der Waals surface area contributed by atoms with Gasteiger partial charge in [0.25, 0.3) is 11.8 Å². The van der Waals surface area contributed by atoms with Crippen LogP contribution in [0.5, 0.6) is 5.75 Å². The third-order valence-electron chi connectivity index (χ3n) is 5.34. The minimum absolute atomic E-state index is 0.0560. The number of amidine groups is 1. The van der Waals surface area contributed by atoms with Crippen molar-refractivity contribution in [1.82, 2.24) is 10.3 Å². The number of benzene rings is 2. The Bertz CT molecular complexity index is 1250. The number of carbonyl (C=O) groups is 2. The molecule has 9 nitrogen and oxygen atoms in total. The molecule has 1 aromatic heterocycles. The number of pyridine rings is 1. The average molecular weight is 473 g/mol. The Morgan fingerprint density at radius 2 is 1.74 bits per heavy atom. The van der Waals surface area contributed by atoms with Gasteiger partial charge in [0, 0.05) is 18.9 Å². The predicted octanol–water partition coefficient (Wildman–Crippen LogP) is 2.29. The number of aromatic nitrogens is 1. The third-order valence-corrected chi connectivity index (χ3v) is 5.34. The first-order valence-electron chi connectivity index (χ1n) is 10.9. The summed E-state index contributed by atoms with van der Waals surface area (Å²) in [6.45, 7) is 2.11. The molecule has 7 N–H and O–H groups in total. The minimum atomic E-state index is -0.782. The van der Waals surface area contributed by atoms with Gasteiger partial charge in [-0.05, 0) is 41.8 Å². The molecule has 0 aliphatic rings. The van der Waals surface area contributed by atoms with E-state index in [4.69, 9.17) is 21.9 Å². The second-order valence-electron chi connectivity index (χ2n) is 7.71. The number of rotatable bonds is 9. The van der Waals surface area contributed by atoms with Gasteiger partial charge in [-0.3, -0.25) is 19.6 Å². The number of nitrogens with one attached hydrogen (secondary N) is 1. The Labute approximate surface area is 203 Å². The van der Waals surface area contributed by atoms with Crippen LogP contribution in [0.2, 0.25) is 0 Å². The van der Waals surface area contributed by atoms with Gasteiger partial charge >= 0.3 is 0 Å². The lowest BCUT2D eigenvalue weighted by Crippen LogP contribution is -2.30. The SMILES string of the molecule is COc1ccccc1C(=O)NCc1ccc(C(N)=C(C(N)=O)C(N)=NC(C)c2cccnc2)cc1. The van der Waals surface area contributed by atoms with E-state index in [1.807, 2.05) is 13.0 Å². The first-order valence-corrected chi connectivity index (χ1v) is 10.9. The summed E-state index contributed by atoms with van der Waals surface area (Å²) in [5.41, 5.74) is 20.7. The molecule has 180 valence electrons. The van der Waals surface area contributed by atoms with Crippen molar-refractivity contribution >= 4 is 23.3 Å². The second-order valence-corrected chi connectivity index (χ2v) is 7.71. The topological polar surface area (TPSA) is 159 Å². The summed E-state index contributed by atoms with van der Waals surface area (Å²) in [5.74, 6) is -0.599. The number of hydrogen-bond acceptors (Lipinski definition) is 6. The molecule has 0 spiro atoms. The molecule has 3 aromatic rings. The van der Waals surface area contributed by atoms with Crippen molar-refractivity contribution < 1.29 is 14.3 Å². The minimum Gasteiger partial charge on any atom is -0.496 e. The molecule has 2 amide bonds. The van der Waals surface area contributed by atoms with E-state index >= 15 is 0 Å². The van der Waals surface area contributed by atoms with Crippen molar-refractivity contribution in [3.05, 3.63) is 101 Å². The molecule has 0 aliphatic carbocycles. The van der Waals surface area contributed by atoms with Crippen LogP contribution < -0.4 is 27.3 Å². The molecule has 0 saturated heterocycles. The van der Waals surface area contributed by atoms with Crippen LogP contribution in [0.15, 0.2) is 83.6 Å². The lowest BCUT2D eigenvalue weighted by atomic mass is 10.0. The van der Waals surface area contributed by atoms with Crippen molar-refractivity contribution in [2.45, 2.75) is 19.5 Å². The summed E-state index contributed by atoms with van der Waals surface area (Å²) in [5, 5.41) is 2.85. The molecule has 0 aliphatic heterocycles. The van der Waals surface area contributed by atoms with E-state index in [2.05, 4.69) is 15.3 Å². The van der Waals surface area contributed by atoms with Gasteiger partial charge in [-0.15, -0.1) is 0 Å². The van der Waals surface area contributed by atoms with E-state index in [0.29, 0.717) is 16.9 Å². The molecule has 0 bridgehead atoms. The molecule has 1 heterocycles. The van der Waals surface area contributed by atoms with Gasteiger partial charge in [-0.2, -0.15) is 0 Å². The predicted molar refractivity (Wildman–Crippen MR) is 135 cm³/mol. The number of nitrogens with zero attached hydrogens (tertiary/aromatic N) is 2. The third kappa shape index (κ3) is 6.23. The molecule has 1 unspecified atom stereocenters. The van der Waals surface area contributed by atoms with E-state index in [-0.39, 0.29) is 35.6 Å². The zero-order valence-electron chi connectivity index (χ0n) is 19.6. The Hall–Kier alpha value is -4.66. The summed E-state index contributed by atoms with van der Waals surface area (Å²) < 4.78 is 5.23. The summed E-state index contributed by atoms with van der Waals surface area (Å²) >= 11 is 0. The van der Waals surface area contributed by atoms with Crippen LogP contribution in [0, 0.1) is 0 Å². The Kier molecular flexibility index (Phi) is 8.18. The van der Waals surface area contributed by atoms with E-state index < -0.39 is 5.91 Å². The highest BCUT2D eigenvalue weighted by Gasteiger charge is 2.18. The monoisotopic (exact) mass is 472 g/mol. The Balaban J connectivity index is 1.76. The lowest BCUT2D eigenvalue weighted by Gasteiger charge is -2.13. The van der Waals surface area contributed by atoms with E-state index in [1.54, 1.807) is 67.0 Å². The zero-order chi connectivity index (χ0) is 25.4. The van der Waals surface area contributed by atoms with Crippen LogP contribution in [0.25, 0.3) is 5.70 Å². The first kappa shape index (κ1) is 25.0. The van der Waals surface area contributed by atoms with Crippen molar-refractivity contribution in [3.63, 3.8) is 0 Å². The lowest BCUT2D eigenvalue weighted by molar-refractivity contribution is -0.114. The highest BCUT2D eigenvalue weighted by atomic mass is 16.5. The molecule has 3 rings (SSSR count). The van der Waals surface area contributed by atoms with Crippen molar-refractivity contribution in [2.75, 3.05) is 7.11 Å². The fraction of sp³-hybridized carbons (Fsp3) is 0.154. The van der Waals surface area contributed by atoms with Gasteiger partial charge in [0.05, 0.1) is 24.4 Å². The number of aliphatic imine (C=N–C) groups is 1. The van der Waals surface area contributed by atoms with Gasteiger partial charge < -0.3 is 27.3 Å². The number of ether oxygens (including phenoxy) is 1. The van der Waals surface area contributed by atoms with Crippen LogP contribution in [0.1, 0.15) is 40.0 Å². The maximum atomic E-state index is 12.5. The molecule has 9 heteroatoms. The molecular weight excluding hydrogens is 444 g/mol. The van der Waals surface area contributed by atoms with Gasteiger partial charge in [0.2, 0.25) is 0 Å². The number of carbonyl (C=O) groups excluding carboxylic acids is 2. The van der Waals surface area contributed by atoms with Crippen LogP contribution in [0.4, 0.5) is 0 Å². The normalized spacial score (nSPS) is 12.9. The van der Waals surface area contributed by atoms with Crippen LogP contribution in [0.3, 0.4) is 0 Å². The van der Waals surface area contributed by atoms with Crippen molar-refractivity contribution in [1.29, 1.82) is 0 Å². The van der Waals surface area contributed by atoms with Gasteiger partial charge in [-0.25, -0.2) is 0 Å². The Morgan fingerprint density at radius 1 is 1.03 bits per heavy atom. The number of hydrogen-bond donors (Lipinski definition) is 4. The summed E-state index contributed by atoms with van der Waals surface area (Å²) in [4.78, 5) is 33.1. The number of primary amides is 1. The van der Waals surface area contributed by atoms with Crippen LogP contribution in [-0.4, -0.2) is 29.7 Å². The molecule has 0 fully saturated rings. The highest BCUT2D eigenvalue weighted by molar-refractivity contribution is 6.24. The molecule has 2 aromatic carbocycles. The maximum Gasteiger partial charge on any atom is 0.255 e. The standard InChI is InChI=1S/C26H28N6O3/c1-16(19-6-5-13-30-15-19)32-24(28)22(25(29)33)23(27)18-11-9-17(10-12-18)14-31-26(34)20-7-3-4-8-21(20)35-2/h3-13,15-16H,14,27H2,1-2H3,(H2,28,32)(H2,29,33)(H,31,34). The fourth-order valence-electron chi connectivity index (χ4n) is 3.42. The van der Waals surface area contributed by atoms with Gasteiger partial charge in [-0.1, -0.05) is 42.5 Å². The zero-order valence-corrected chi connectivity index (χ0v) is 19.6. The number of para-hydroxylation sites is 1. The Morgan fingerprint density at radius 3 is 2.37 bits per heavy atom. The van der Waals surface area contributed by atoms with Gasteiger partial charge in [0.15, 0.2) is 0 Å². The van der Waals surface area contributed by atoms with Crippen molar-refractivity contribution in [2.24, 2.45) is 22.2 Å². The fourth-order valence-corrected chi connectivity index (χ4v) is 3.42. The first-order chi connectivity index (χ1) is 16.8. The van der Waals surface area contributed by atoms with Gasteiger partial charge in [0.1, 0.15) is 17.2 Å². The summed E-state index contributed by atoms with van der Waals surface area (Å²) in [6, 6.07) is 17.3. The number of nitrogens with two attached hydrogens (primary N) is 3. The van der Waals surface area contributed by atoms with E-state index in [9.17, 15) is 9.59 Å². The largest absolute Gasteiger partial charge is 0.496 e. The smallest absolute Gasteiger partial charge is 0.255 e. The van der Waals surface area contributed by atoms with E-state index in [1.165, 1.54) is 7.11 Å². The average Bonchev–Trinajstić information content (AvgIpc) is 2.87. The van der Waals surface area contributed by atoms with Crippen LogP contribution >= 0.6 is 0 Å². The highest BCUT2D eigenvalue weighted by Crippen LogP contribution is 2.20. The number of methoxy groups -OCH3 is 1. The molecule has 0 radical (unpaired) electrons. The molecule has 0 saturated carbocycles. The quantitative estimate of drug-likeness (QED) is 0.212. The summed E-state index contributed by atoms with van der Waals surface area (Å²) in [6.07, 6.45) is 3.33. The van der Waals surface area contributed by atoms with Crippen molar-refractivity contribution in [3.8, 4) is 5.75 Å². The second kappa shape index (κ2) is 11.5. The maximum absolute atomic E-state index is 12.5. The van der Waals surface area contributed by atoms with E-state index in [0.717, 1.165) is 11.1 Å². The molecular formula is C26H28N6O3.